The van der Waals surface area contributed by atoms with E-state index in [-0.39, 0.29) is 37.4 Å². The molecule has 2 heterocycles. The molecule has 32 heavy (non-hydrogen) atoms. The minimum atomic E-state index is -0.773. The number of nitrogens with one attached hydrogen (secondary N) is 1. The molecule has 2 aliphatic rings. The van der Waals surface area contributed by atoms with E-state index in [2.05, 4.69) is 27.3 Å². The maximum absolute atomic E-state index is 13.0. The van der Waals surface area contributed by atoms with Gasteiger partial charge in [-0.15, -0.1) is 0 Å². The number of benzene rings is 2. The molecule has 1 saturated heterocycles. The van der Waals surface area contributed by atoms with Crippen LogP contribution in [0.15, 0.2) is 34.8 Å². The van der Waals surface area contributed by atoms with Crippen molar-refractivity contribution in [1.82, 2.24) is 9.80 Å². The number of rotatable bonds is 3. The fraction of sp³-hybridized carbons (Fsp3) is 0.304. The Bertz CT molecular complexity index is 1150. The van der Waals surface area contributed by atoms with Crippen molar-refractivity contribution in [2.24, 2.45) is 0 Å². The van der Waals surface area contributed by atoms with Gasteiger partial charge in [-0.05, 0) is 55.3 Å². The number of hydrogen-bond acceptors (Lipinski definition) is 5. The number of aryl methyl sites for hydroxylation is 2. The summed E-state index contributed by atoms with van der Waals surface area (Å²) in [7, 11) is 0. The van der Waals surface area contributed by atoms with Crippen LogP contribution < -0.4 is 10.1 Å². The van der Waals surface area contributed by atoms with Crippen LogP contribution in [0.25, 0.3) is 0 Å². The van der Waals surface area contributed by atoms with Crippen LogP contribution in [-0.4, -0.2) is 59.8 Å². The molecular formula is C23H21BrN4O4. The molecule has 9 heteroatoms. The van der Waals surface area contributed by atoms with Gasteiger partial charge in [-0.25, -0.2) is 0 Å². The third kappa shape index (κ3) is 4.06. The van der Waals surface area contributed by atoms with Crippen LogP contribution in [0.1, 0.15) is 27.0 Å². The first-order valence-corrected chi connectivity index (χ1v) is 10.9. The van der Waals surface area contributed by atoms with Gasteiger partial charge in [0.25, 0.3) is 11.8 Å². The molecule has 2 aromatic rings. The highest BCUT2D eigenvalue weighted by atomic mass is 79.9. The summed E-state index contributed by atoms with van der Waals surface area (Å²) < 4.78 is 6.51. The Hall–Kier alpha value is -3.38. The largest absolute Gasteiger partial charge is 0.483 e. The minimum absolute atomic E-state index is 0.0975. The molecule has 164 valence electrons. The van der Waals surface area contributed by atoms with Crippen molar-refractivity contribution in [3.63, 3.8) is 0 Å². The first-order chi connectivity index (χ1) is 15.3. The lowest BCUT2D eigenvalue weighted by atomic mass is 10.1. The Morgan fingerprint density at radius 3 is 2.62 bits per heavy atom. The van der Waals surface area contributed by atoms with Gasteiger partial charge in [-0.2, -0.15) is 5.26 Å². The third-order valence-corrected chi connectivity index (χ3v) is 6.19. The van der Waals surface area contributed by atoms with Crippen molar-refractivity contribution in [2.45, 2.75) is 19.9 Å². The molecule has 0 bridgehead atoms. The van der Waals surface area contributed by atoms with Crippen molar-refractivity contribution in [3.05, 3.63) is 57.1 Å². The number of piperazine rings is 1. The first-order valence-electron chi connectivity index (χ1n) is 10.1. The van der Waals surface area contributed by atoms with Crippen LogP contribution in [0, 0.1) is 25.2 Å². The molecule has 1 unspecified atom stereocenters. The van der Waals surface area contributed by atoms with Gasteiger partial charge in [0.1, 0.15) is 11.8 Å². The summed E-state index contributed by atoms with van der Waals surface area (Å²) in [5.74, 6) is -0.259. The molecule has 0 spiro atoms. The zero-order valence-electron chi connectivity index (χ0n) is 17.6. The molecule has 2 aromatic carbocycles. The van der Waals surface area contributed by atoms with E-state index in [1.807, 2.05) is 13.8 Å². The second kappa shape index (κ2) is 8.63. The van der Waals surface area contributed by atoms with Gasteiger partial charge in [0, 0.05) is 17.6 Å². The molecule has 0 saturated carbocycles. The van der Waals surface area contributed by atoms with Crippen LogP contribution in [0.4, 0.5) is 5.69 Å². The number of halogens is 1. The number of nitrogens with zero attached hydrogens (tertiary/aromatic N) is 3. The highest BCUT2D eigenvalue weighted by molar-refractivity contribution is 9.10. The molecule has 1 atom stereocenters. The van der Waals surface area contributed by atoms with E-state index < -0.39 is 6.04 Å². The summed E-state index contributed by atoms with van der Waals surface area (Å²) in [6.45, 7) is 4.12. The van der Waals surface area contributed by atoms with Crippen LogP contribution in [-0.2, 0) is 9.59 Å². The van der Waals surface area contributed by atoms with Crippen molar-refractivity contribution in [3.8, 4) is 11.8 Å². The van der Waals surface area contributed by atoms with E-state index in [1.54, 1.807) is 35.2 Å². The molecule has 8 nitrogen and oxygen atoms in total. The average molecular weight is 497 g/mol. The number of carbonyl (C=O) groups excluding carboxylic acids is 3. The lowest BCUT2D eigenvalue weighted by Gasteiger charge is -2.39. The predicted octanol–water partition coefficient (Wildman–Crippen LogP) is 2.62. The molecule has 2 aliphatic heterocycles. The zero-order valence-corrected chi connectivity index (χ0v) is 19.2. The molecule has 0 radical (unpaired) electrons. The smallest absolute Gasteiger partial charge is 0.260 e. The molecule has 1 fully saturated rings. The summed E-state index contributed by atoms with van der Waals surface area (Å²) >= 11 is 3.36. The van der Waals surface area contributed by atoms with Crippen molar-refractivity contribution in [1.29, 1.82) is 5.26 Å². The summed E-state index contributed by atoms with van der Waals surface area (Å²) in [4.78, 5) is 41.8. The van der Waals surface area contributed by atoms with E-state index in [0.29, 0.717) is 29.1 Å². The van der Waals surface area contributed by atoms with Gasteiger partial charge >= 0.3 is 0 Å². The van der Waals surface area contributed by atoms with Gasteiger partial charge < -0.3 is 19.9 Å². The quantitative estimate of drug-likeness (QED) is 0.703. The first kappa shape index (κ1) is 21.8. The Labute approximate surface area is 193 Å². The molecule has 4 rings (SSSR count). The van der Waals surface area contributed by atoms with Crippen LogP contribution in [0.5, 0.6) is 5.75 Å². The summed E-state index contributed by atoms with van der Waals surface area (Å²) in [5.41, 5.74) is 2.97. The minimum Gasteiger partial charge on any atom is -0.483 e. The highest BCUT2D eigenvalue weighted by Crippen LogP contribution is 2.28. The topological polar surface area (TPSA) is 103 Å². The van der Waals surface area contributed by atoms with Gasteiger partial charge in [-0.3, -0.25) is 14.4 Å². The Morgan fingerprint density at radius 1 is 1.22 bits per heavy atom. The Balaban J connectivity index is 1.46. The SMILES string of the molecule is Cc1cc(C#N)cc(C)c1OCC(=O)N1CCN2C(=O)c3cc(Br)ccc3NC(=O)C2C1. The fourth-order valence-corrected chi connectivity index (χ4v) is 4.48. The van der Waals surface area contributed by atoms with E-state index in [4.69, 9.17) is 10.00 Å². The van der Waals surface area contributed by atoms with Crippen LogP contribution in [0.3, 0.4) is 0 Å². The van der Waals surface area contributed by atoms with Crippen molar-refractivity contribution >= 4 is 39.3 Å². The second-order valence-electron chi connectivity index (χ2n) is 7.87. The Kier molecular flexibility index (Phi) is 5.89. The van der Waals surface area contributed by atoms with Gasteiger partial charge in [0.15, 0.2) is 6.61 Å². The molecule has 0 aromatic heterocycles. The summed E-state index contributed by atoms with van der Waals surface area (Å²) in [6.07, 6.45) is 0. The number of hydrogen-bond donors (Lipinski definition) is 1. The van der Waals surface area contributed by atoms with E-state index in [1.165, 1.54) is 4.90 Å². The maximum atomic E-state index is 13.0. The average Bonchev–Trinajstić information content (AvgIpc) is 2.87. The lowest BCUT2D eigenvalue weighted by molar-refractivity contribution is -0.137. The van der Waals surface area contributed by atoms with E-state index in [9.17, 15) is 14.4 Å². The molecule has 1 N–H and O–H groups in total. The maximum Gasteiger partial charge on any atom is 0.260 e. The van der Waals surface area contributed by atoms with E-state index in [0.717, 1.165) is 15.6 Å². The second-order valence-corrected chi connectivity index (χ2v) is 8.79. The lowest BCUT2D eigenvalue weighted by Crippen LogP contribution is -2.60. The van der Waals surface area contributed by atoms with Crippen molar-refractivity contribution < 1.29 is 19.1 Å². The van der Waals surface area contributed by atoms with Crippen LogP contribution >= 0.6 is 15.9 Å². The molecule has 3 amide bonds. The third-order valence-electron chi connectivity index (χ3n) is 5.70. The molecular weight excluding hydrogens is 476 g/mol. The zero-order chi connectivity index (χ0) is 23.0. The van der Waals surface area contributed by atoms with Gasteiger partial charge in [0.05, 0.1) is 29.4 Å². The van der Waals surface area contributed by atoms with Gasteiger partial charge in [-0.1, -0.05) is 15.9 Å². The van der Waals surface area contributed by atoms with Crippen molar-refractivity contribution in [2.75, 3.05) is 31.6 Å². The van der Waals surface area contributed by atoms with Crippen LogP contribution in [0.2, 0.25) is 0 Å². The highest BCUT2D eigenvalue weighted by Gasteiger charge is 2.40. The summed E-state index contributed by atoms with van der Waals surface area (Å²) in [5, 5.41) is 11.9. The monoisotopic (exact) mass is 496 g/mol. The normalized spacial score (nSPS) is 17.6. The molecule has 0 aliphatic carbocycles. The number of fused-ring (bicyclic) bond motifs is 2. The number of ether oxygens (including phenoxy) is 1. The van der Waals surface area contributed by atoms with E-state index >= 15 is 0 Å². The fourth-order valence-electron chi connectivity index (χ4n) is 4.12. The Morgan fingerprint density at radius 2 is 1.94 bits per heavy atom. The predicted molar refractivity (Wildman–Crippen MR) is 120 cm³/mol. The van der Waals surface area contributed by atoms with Gasteiger partial charge in [0.2, 0.25) is 5.91 Å². The summed E-state index contributed by atoms with van der Waals surface area (Å²) in [6, 6.07) is 9.88. The number of carbonyl (C=O) groups is 3. The number of anilines is 1. The standard InChI is InChI=1S/C23H21BrN4O4/c1-13-7-15(10-25)8-14(2)21(13)32-12-20(29)27-5-6-28-19(11-27)22(30)26-18-4-3-16(24)9-17(18)23(28)31/h3-4,7-9,19H,5-6,11-12H2,1-2H3,(H,26,30). The number of nitriles is 1. The number of amides is 3.